The van der Waals surface area contributed by atoms with Crippen LogP contribution in [0.15, 0.2) is 28.8 Å². The van der Waals surface area contributed by atoms with Crippen LogP contribution in [0.4, 0.5) is 5.88 Å². The second-order valence-corrected chi connectivity index (χ2v) is 4.80. The Labute approximate surface area is 101 Å². The molecule has 1 aliphatic rings. The number of nitrogens with two attached hydrogens (primary N) is 1. The molecule has 88 valence electrons. The van der Waals surface area contributed by atoms with Gasteiger partial charge in [0.1, 0.15) is 0 Å². The highest BCUT2D eigenvalue weighted by atomic mass is 16.5. The van der Waals surface area contributed by atoms with Gasteiger partial charge in [0.05, 0.1) is 11.3 Å². The molecule has 0 amide bonds. The molecule has 0 radical (unpaired) electrons. The third kappa shape index (κ3) is 1.71. The molecule has 3 rings (SSSR count). The summed E-state index contributed by atoms with van der Waals surface area (Å²) in [5.41, 5.74) is 10.3. The SMILES string of the molecule is Cc1cccc(-c2c(C3CCC3)noc2N)c1. The van der Waals surface area contributed by atoms with Gasteiger partial charge in [-0.25, -0.2) is 0 Å². The Hall–Kier alpha value is -1.77. The van der Waals surface area contributed by atoms with Crippen molar-refractivity contribution in [3.8, 4) is 11.1 Å². The first-order valence-corrected chi connectivity index (χ1v) is 6.08. The number of nitrogens with zero attached hydrogens (tertiary/aromatic N) is 1. The van der Waals surface area contributed by atoms with Crippen LogP contribution in [0, 0.1) is 6.92 Å². The van der Waals surface area contributed by atoms with Gasteiger partial charge in [0.2, 0.25) is 5.88 Å². The lowest BCUT2D eigenvalue weighted by molar-refractivity contribution is 0.369. The van der Waals surface area contributed by atoms with Gasteiger partial charge in [-0.15, -0.1) is 0 Å². The summed E-state index contributed by atoms with van der Waals surface area (Å²) < 4.78 is 5.17. The average Bonchev–Trinajstić information content (AvgIpc) is 2.58. The first-order chi connectivity index (χ1) is 8.25. The molecule has 1 saturated carbocycles. The summed E-state index contributed by atoms with van der Waals surface area (Å²) in [6, 6.07) is 8.32. The van der Waals surface area contributed by atoms with Crippen LogP contribution < -0.4 is 5.73 Å². The van der Waals surface area contributed by atoms with E-state index in [9.17, 15) is 0 Å². The second-order valence-electron chi connectivity index (χ2n) is 4.80. The quantitative estimate of drug-likeness (QED) is 0.855. The van der Waals surface area contributed by atoms with E-state index in [1.54, 1.807) is 0 Å². The van der Waals surface area contributed by atoms with Gasteiger partial charge in [0, 0.05) is 5.92 Å². The largest absolute Gasteiger partial charge is 0.367 e. The molecule has 1 heterocycles. The van der Waals surface area contributed by atoms with Crippen molar-refractivity contribution >= 4 is 5.88 Å². The van der Waals surface area contributed by atoms with Gasteiger partial charge < -0.3 is 10.3 Å². The zero-order chi connectivity index (χ0) is 11.8. The van der Waals surface area contributed by atoms with Crippen LogP contribution >= 0.6 is 0 Å². The van der Waals surface area contributed by atoms with Crippen LogP contribution in [0.3, 0.4) is 0 Å². The first-order valence-electron chi connectivity index (χ1n) is 6.08. The van der Waals surface area contributed by atoms with Crippen LogP contribution in [-0.4, -0.2) is 5.16 Å². The number of hydrogen-bond donors (Lipinski definition) is 1. The van der Waals surface area contributed by atoms with E-state index in [1.807, 2.05) is 6.07 Å². The van der Waals surface area contributed by atoms with Crippen molar-refractivity contribution in [1.29, 1.82) is 0 Å². The third-order valence-electron chi connectivity index (χ3n) is 3.54. The van der Waals surface area contributed by atoms with Gasteiger partial charge >= 0.3 is 0 Å². The molecule has 2 N–H and O–H groups in total. The summed E-state index contributed by atoms with van der Waals surface area (Å²) >= 11 is 0. The molecular weight excluding hydrogens is 212 g/mol. The topological polar surface area (TPSA) is 52.0 Å². The molecular formula is C14H16N2O. The molecule has 0 bridgehead atoms. The van der Waals surface area contributed by atoms with Crippen LogP contribution in [0.25, 0.3) is 11.1 Å². The van der Waals surface area contributed by atoms with Crippen LogP contribution in [0.5, 0.6) is 0 Å². The van der Waals surface area contributed by atoms with Crippen molar-refractivity contribution in [2.45, 2.75) is 32.1 Å². The maximum Gasteiger partial charge on any atom is 0.230 e. The van der Waals surface area contributed by atoms with E-state index in [2.05, 4.69) is 30.3 Å². The lowest BCUT2D eigenvalue weighted by Gasteiger charge is -2.23. The molecule has 0 saturated heterocycles. The number of aromatic nitrogens is 1. The molecule has 2 aromatic rings. The number of benzene rings is 1. The van der Waals surface area contributed by atoms with Crippen LogP contribution in [0.1, 0.15) is 36.4 Å². The average molecular weight is 228 g/mol. The Balaban J connectivity index is 2.09. The summed E-state index contributed by atoms with van der Waals surface area (Å²) in [4.78, 5) is 0. The number of aryl methyl sites for hydroxylation is 1. The Morgan fingerprint density at radius 2 is 2.18 bits per heavy atom. The highest BCUT2D eigenvalue weighted by Gasteiger charge is 2.28. The Morgan fingerprint density at radius 3 is 2.82 bits per heavy atom. The summed E-state index contributed by atoms with van der Waals surface area (Å²) in [7, 11) is 0. The van der Waals surface area contributed by atoms with E-state index in [1.165, 1.54) is 24.8 Å². The van der Waals surface area contributed by atoms with Gasteiger partial charge in [-0.3, -0.25) is 0 Å². The second kappa shape index (κ2) is 3.91. The minimum absolute atomic E-state index is 0.442. The number of nitrogen functional groups attached to an aromatic ring is 1. The molecule has 3 nitrogen and oxygen atoms in total. The summed E-state index contributed by atoms with van der Waals surface area (Å²) in [5.74, 6) is 0.976. The predicted octanol–water partition coefficient (Wildman–Crippen LogP) is 3.50. The lowest BCUT2D eigenvalue weighted by Crippen LogP contribution is -2.10. The molecule has 0 aliphatic heterocycles. The Morgan fingerprint density at radius 1 is 1.35 bits per heavy atom. The van der Waals surface area contributed by atoms with Crippen molar-refractivity contribution in [3.05, 3.63) is 35.5 Å². The molecule has 1 aromatic heterocycles. The van der Waals surface area contributed by atoms with Crippen molar-refractivity contribution < 1.29 is 4.52 Å². The molecule has 0 spiro atoms. The lowest BCUT2D eigenvalue weighted by atomic mass is 9.80. The zero-order valence-electron chi connectivity index (χ0n) is 9.94. The molecule has 1 fully saturated rings. The smallest absolute Gasteiger partial charge is 0.230 e. The van der Waals surface area contributed by atoms with Gasteiger partial charge in [0.15, 0.2) is 0 Å². The molecule has 1 aliphatic carbocycles. The fourth-order valence-corrected chi connectivity index (χ4v) is 2.37. The Kier molecular flexibility index (Phi) is 2.39. The molecule has 0 atom stereocenters. The van der Waals surface area contributed by atoms with E-state index in [-0.39, 0.29) is 0 Å². The zero-order valence-corrected chi connectivity index (χ0v) is 9.94. The molecule has 0 unspecified atom stereocenters. The first kappa shape index (κ1) is 10.4. The van der Waals surface area contributed by atoms with Crippen molar-refractivity contribution in [1.82, 2.24) is 5.16 Å². The fraction of sp³-hybridized carbons (Fsp3) is 0.357. The van der Waals surface area contributed by atoms with Crippen molar-refractivity contribution in [2.24, 2.45) is 0 Å². The van der Waals surface area contributed by atoms with Gasteiger partial charge in [-0.05, 0) is 25.3 Å². The van der Waals surface area contributed by atoms with Gasteiger partial charge in [-0.1, -0.05) is 41.4 Å². The monoisotopic (exact) mass is 228 g/mol. The highest BCUT2D eigenvalue weighted by molar-refractivity contribution is 5.76. The molecule has 3 heteroatoms. The van der Waals surface area contributed by atoms with Gasteiger partial charge in [-0.2, -0.15) is 0 Å². The highest BCUT2D eigenvalue weighted by Crippen LogP contribution is 2.42. The normalized spacial score (nSPS) is 15.8. The predicted molar refractivity (Wildman–Crippen MR) is 67.7 cm³/mol. The van der Waals surface area contributed by atoms with Crippen LogP contribution in [-0.2, 0) is 0 Å². The van der Waals surface area contributed by atoms with Crippen LogP contribution in [0.2, 0.25) is 0 Å². The summed E-state index contributed by atoms with van der Waals surface area (Å²) in [6.45, 7) is 2.08. The van der Waals surface area contributed by atoms with Crippen molar-refractivity contribution in [3.63, 3.8) is 0 Å². The van der Waals surface area contributed by atoms with E-state index in [0.717, 1.165) is 16.8 Å². The minimum atomic E-state index is 0.442. The Bertz CT molecular complexity index is 541. The van der Waals surface area contributed by atoms with Gasteiger partial charge in [0.25, 0.3) is 0 Å². The number of anilines is 1. The van der Waals surface area contributed by atoms with Crippen molar-refractivity contribution in [2.75, 3.05) is 5.73 Å². The summed E-state index contributed by atoms with van der Waals surface area (Å²) in [5, 5.41) is 4.14. The van der Waals surface area contributed by atoms with E-state index >= 15 is 0 Å². The number of hydrogen-bond acceptors (Lipinski definition) is 3. The standard InChI is InChI=1S/C14H16N2O/c1-9-4-2-7-11(8-9)12-13(10-5-3-6-10)16-17-14(12)15/h2,4,7-8,10H,3,5-6,15H2,1H3. The maximum atomic E-state index is 5.91. The van der Waals surface area contributed by atoms with E-state index in [0.29, 0.717) is 11.8 Å². The fourth-order valence-electron chi connectivity index (χ4n) is 2.37. The molecule has 17 heavy (non-hydrogen) atoms. The number of rotatable bonds is 2. The third-order valence-corrected chi connectivity index (χ3v) is 3.54. The van der Waals surface area contributed by atoms with E-state index in [4.69, 9.17) is 10.3 Å². The molecule has 1 aromatic carbocycles. The summed E-state index contributed by atoms with van der Waals surface area (Å²) in [6.07, 6.45) is 3.68. The minimum Gasteiger partial charge on any atom is -0.367 e. The maximum absolute atomic E-state index is 5.91. The van der Waals surface area contributed by atoms with E-state index < -0.39 is 0 Å².